The molecule has 58 heavy (non-hydrogen) atoms. The largest absolute Gasteiger partial charge is 0.462 e. The van der Waals surface area contributed by atoms with E-state index in [0.29, 0.717) is 19.3 Å². The topological polar surface area (TPSA) is 78.9 Å². The van der Waals surface area contributed by atoms with E-state index < -0.39 is 6.10 Å². The molecule has 6 heteroatoms. The number of carbonyl (C=O) groups is 3. The van der Waals surface area contributed by atoms with Crippen molar-refractivity contribution in [2.24, 2.45) is 11.8 Å². The van der Waals surface area contributed by atoms with Gasteiger partial charge in [0.2, 0.25) is 0 Å². The van der Waals surface area contributed by atoms with Crippen LogP contribution in [0.4, 0.5) is 0 Å². The fraction of sp³-hybridized carbons (Fsp3) is 0.942. The quantitative estimate of drug-likeness (QED) is 0.0346. The number of unbranched alkanes of at least 4 members (excludes halogenated alkanes) is 31. The maximum absolute atomic E-state index is 12.8. The molecule has 0 aliphatic heterocycles. The van der Waals surface area contributed by atoms with Crippen LogP contribution in [0.25, 0.3) is 0 Å². The third-order valence-electron chi connectivity index (χ3n) is 11.7. The molecule has 0 spiro atoms. The molecule has 0 aliphatic carbocycles. The molecule has 0 saturated heterocycles. The van der Waals surface area contributed by atoms with Gasteiger partial charge in [-0.15, -0.1) is 0 Å². The molecule has 0 amide bonds. The van der Waals surface area contributed by atoms with Gasteiger partial charge in [-0.3, -0.25) is 14.4 Å². The van der Waals surface area contributed by atoms with E-state index in [1.54, 1.807) is 0 Å². The second-order valence-corrected chi connectivity index (χ2v) is 18.8. The van der Waals surface area contributed by atoms with Gasteiger partial charge in [0.25, 0.3) is 0 Å². The van der Waals surface area contributed by atoms with Crippen LogP contribution in [-0.2, 0) is 28.6 Å². The van der Waals surface area contributed by atoms with Gasteiger partial charge in [0.05, 0.1) is 0 Å². The van der Waals surface area contributed by atoms with Crippen LogP contribution in [0.15, 0.2) is 0 Å². The zero-order valence-electron chi connectivity index (χ0n) is 39.7. The number of ether oxygens (including phenoxy) is 3. The SMILES string of the molecule is CCCCCCCCCCCC(=O)OC[C@H](COC(=O)CCCCCCCCCCCC(C)C)OC(=O)CCCCCCCCCCCCCCCCCCC(C)C. The van der Waals surface area contributed by atoms with Crippen molar-refractivity contribution < 1.29 is 28.6 Å². The lowest BCUT2D eigenvalue weighted by Gasteiger charge is -2.18. The first kappa shape index (κ1) is 56.4. The average Bonchev–Trinajstić information content (AvgIpc) is 3.19. The maximum atomic E-state index is 12.8. The third-order valence-corrected chi connectivity index (χ3v) is 11.7. The van der Waals surface area contributed by atoms with E-state index in [1.165, 1.54) is 173 Å². The summed E-state index contributed by atoms with van der Waals surface area (Å²) < 4.78 is 16.8. The van der Waals surface area contributed by atoms with Crippen LogP contribution in [0.3, 0.4) is 0 Å². The van der Waals surface area contributed by atoms with Crippen LogP contribution < -0.4 is 0 Å². The molecule has 0 rings (SSSR count). The standard InChI is InChI=1S/C52H100O6/c1-6-7-8-9-10-20-27-32-37-42-50(53)56-45-49(46-57-51(54)43-38-33-28-24-19-22-26-31-36-41-48(4)5)58-52(55)44-39-34-29-23-18-16-14-12-11-13-15-17-21-25-30-35-40-47(2)3/h47-49H,6-46H2,1-5H3/t49-/m1/s1. The molecule has 0 aromatic rings. The Labute approximate surface area is 361 Å². The Morgan fingerprint density at radius 2 is 0.569 bits per heavy atom. The maximum Gasteiger partial charge on any atom is 0.306 e. The van der Waals surface area contributed by atoms with Gasteiger partial charge in [-0.2, -0.15) is 0 Å². The normalized spacial score (nSPS) is 12.1. The molecule has 0 aromatic carbocycles. The van der Waals surface area contributed by atoms with Crippen molar-refractivity contribution in [3.05, 3.63) is 0 Å². The van der Waals surface area contributed by atoms with E-state index in [9.17, 15) is 14.4 Å². The molecule has 0 N–H and O–H groups in total. The minimum Gasteiger partial charge on any atom is -0.462 e. The van der Waals surface area contributed by atoms with Crippen LogP contribution >= 0.6 is 0 Å². The van der Waals surface area contributed by atoms with Crippen molar-refractivity contribution in [3.63, 3.8) is 0 Å². The Kier molecular flexibility index (Phi) is 43.7. The highest BCUT2D eigenvalue weighted by Crippen LogP contribution is 2.17. The zero-order valence-corrected chi connectivity index (χ0v) is 39.7. The highest BCUT2D eigenvalue weighted by molar-refractivity contribution is 5.71. The van der Waals surface area contributed by atoms with Crippen LogP contribution in [0.2, 0.25) is 0 Å². The first-order chi connectivity index (χ1) is 28.2. The lowest BCUT2D eigenvalue weighted by Crippen LogP contribution is -2.30. The Bertz CT molecular complexity index is 885. The fourth-order valence-electron chi connectivity index (χ4n) is 7.81. The van der Waals surface area contributed by atoms with Gasteiger partial charge in [0.15, 0.2) is 6.10 Å². The number of rotatable bonds is 46. The van der Waals surface area contributed by atoms with Crippen LogP contribution in [0.1, 0.15) is 285 Å². The van der Waals surface area contributed by atoms with Gasteiger partial charge in [0, 0.05) is 19.3 Å². The zero-order chi connectivity index (χ0) is 42.6. The summed E-state index contributed by atoms with van der Waals surface area (Å²) in [5.74, 6) is 0.809. The van der Waals surface area contributed by atoms with E-state index in [4.69, 9.17) is 14.2 Å². The molecule has 0 saturated carbocycles. The summed E-state index contributed by atoms with van der Waals surface area (Å²) in [7, 11) is 0. The summed E-state index contributed by atoms with van der Waals surface area (Å²) in [5.41, 5.74) is 0. The van der Waals surface area contributed by atoms with Gasteiger partial charge in [-0.05, 0) is 31.1 Å². The number of carbonyl (C=O) groups excluding carboxylic acids is 3. The molecule has 0 unspecified atom stereocenters. The summed E-state index contributed by atoms with van der Waals surface area (Å²) >= 11 is 0. The average molecular weight is 821 g/mol. The van der Waals surface area contributed by atoms with Crippen molar-refractivity contribution in [3.8, 4) is 0 Å². The molecule has 0 aromatic heterocycles. The summed E-state index contributed by atoms with van der Waals surface area (Å²) in [6.45, 7) is 11.3. The van der Waals surface area contributed by atoms with Crippen molar-refractivity contribution in [2.45, 2.75) is 291 Å². The summed E-state index contributed by atoms with van der Waals surface area (Å²) in [6, 6.07) is 0. The molecule has 0 heterocycles. The van der Waals surface area contributed by atoms with E-state index in [1.807, 2.05) is 0 Å². The molecule has 0 aliphatic rings. The van der Waals surface area contributed by atoms with Crippen molar-refractivity contribution >= 4 is 17.9 Å². The number of esters is 3. The van der Waals surface area contributed by atoms with E-state index in [-0.39, 0.29) is 31.1 Å². The van der Waals surface area contributed by atoms with Crippen molar-refractivity contribution in [2.75, 3.05) is 13.2 Å². The van der Waals surface area contributed by atoms with E-state index in [0.717, 1.165) is 69.6 Å². The van der Waals surface area contributed by atoms with Crippen molar-refractivity contribution in [1.82, 2.24) is 0 Å². The molecule has 1 atom stereocenters. The molecule has 6 nitrogen and oxygen atoms in total. The summed E-state index contributed by atoms with van der Waals surface area (Å²) in [4.78, 5) is 37.8. The van der Waals surface area contributed by atoms with Gasteiger partial charge in [-0.25, -0.2) is 0 Å². The molecule has 0 fully saturated rings. The predicted octanol–water partition coefficient (Wildman–Crippen LogP) is 16.5. The number of hydrogen-bond acceptors (Lipinski definition) is 6. The van der Waals surface area contributed by atoms with Gasteiger partial charge in [-0.1, -0.05) is 247 Å². The van der Waals surface area contributed by atoms with Gasteiger partial charge < -0.3 is 14.2 Å². The highest BCUT2D eigenvalue weighted by atomic mass is 16.6. The van der Waals surface area contributed by atoms with Crippen LogP contribution in [0, 0.1) is 11.8 Å². The smallest absolute Gasteiger partial charge is 0.306 e. The fourth-order valence-corrected chi connectivity index (χ4v) is 7.81. The molecule has 0 radical (unpaired) electrons. The Morgan fingerprint density at radius 3 is 0.845 bits per heavy atom. The lowest BCUT2D eigenvalue weighted by molar-refractivity contribution is -0.167. The summed E-state index contributed by atoms with van der Waals surface area (Å²) in [6.07, 6.45) is 45.2. The second kappa shape index (κ2) is 44.9. The Balaban J connectivity index is 4.24. The van der Waals surface area contributed by atoms with Crippen LogP contribution in [-0.4, -0.2) is 37.2 Å². The molecular weight excluding hydrogens is 721 g/mol. The molecule has 0 bridgehead atoms. The highest BCUT2D eigenvalue weighted by Gasteiger charge is 2.19. The first-order valence-electron chi connectivity index (χ1n) is 25.7. The predicted molar refractivity (Wildman–Crippen MR) is 247 cm³/mol. The van der Waals surface area contributed by atoms with Crippen LogP contribution in [0.5, 0.6) is 0 Å². The third kappa shape index (κ3) is 45.5. The van der Waals surface area contributed by atoms with Gasteiger partial charge >= 0.3 is 17.9 Å². The minimum absolute atomic E-state index is 0.0642. The first-order valence-corrected chi connectivity index (χ1v) is 25.7. The number of hydrogen-bond donors (Lipinski definition) is 0. The van der Waals surface area contributed by atoms with E-state index in [2.05, 4.69) is 34.6 Å². The van der Waals surface area contributed by atoms with Gasteiger partial charge in [0.1, 0.15) is 13.2 Å². The Hall–Kier alpha value is -1.59. The minimum atomic E-state index is -0.761. The molecule has 344 valence electrons. The second-order valence-electron chi connectivity index (χ2n) is 18.8. The van der Waals surface area contributed by atoms with E-state index >= 15 is 0 Å². The molecular formula is C52H100O6. The lowest BCUT2D eigenvalue weighted by atomic mass is 10.0. The monoisotopic (exact) mass is 821 g/mol. The van der Waals surface area contributed by atoms with Crippen molar-refractivity contribution in [1.29, 1.82) is 0 Å². The summed E-state index contributed by atoms with van der Waals surface area (Å²) in [5, 5.41) is 0. The Morgan fingerprint density at radius 1 is 0.328 bits per heavy atom.